The second kappa shape index (κ2) is 6.39. The van der Waals surface area contributed by atoms with Crippen LogP contribution in [0.25, 0.3) is 5.69 Å². The Morgan fingerprint density at radius 2 is 2.00 bits per heavy atom. The number of aliphatic hydroxyl groups excluding tert-OH is 1. The average Bonchev–Trinajstić information content (AvgIpc) is 2.99. The summed E-state index contributed by atoms with van der Waals surface area (Å²) < 4.78 is 2.02. The van der Waals surface area contributed by atoms with Gasteiger partial charge in [0.25, 0.3) is 0 Å². The highest BCUT2D eigenvalue weighted by molar-refractivity contribution is 6.15. The SMILES string of the molecule is CC#Cc1ccc2c(c1)C(c1ccccc1)=NCc1c(CO)ncn1-2. The van der Waals surface area contributed by atoms with E-state index in [0.29, 0.717) is 12.2 Å². The second-order valence-corrected chi connectivity index (χ2v) is 5.80. The Labute approximate surface area is 146 Å². The lowest BCUT2D eigenvalue weighted by molar-refractivity contribution is 0.276. The van der Waals surface area contributed by atoms with Gasteiger partial charge >= 0.3 is 0 Å². The molecule has 0 amide bonds. The highest BCUT2D eigenvalue weighted by Crippen LogP contribution is 2.27. The molecule has 1 N–H and O–H groups in total. The lowest BCUT2D eigenvalue weighted by Crippen LogP contribution is -2.07. The molecule has 1 aromatic heterocycles. The lowest BCUT2D eigenvalue weighted by Gasteiger charge is -2.12. The number of benzene rings is 2. The average molecular weight is 327 g/mol. The molecule has 0 spiro atoms. The number of aromatic nitrogens is 2. The summed E-state index contributed by atoms with van der Waals surface area (Å²) in [7, 11) is 0. The smallest absolute Gasteiger partial charge is 0.0999 e. The molecule has 0 radical (unpaired) electrons. The Kier molecular flexibility index (Phi) is 3.93. The van der Waals surface area contributed by atoms with Gasteiger partial charge in [-0.2, -0.15) is 0 Å². The first-order valence-corrected chi connectivity index (χ1v) is 8.15. The van der Waals surface area contributed by atoms with Crippen molar-refractivity contribution in [1.82, 2.24) is 9.55 Å². The molecule has 1 aliphatic rings. The maximum Gasteiger partial charge on any atom is 0.0999 e. The highest BCUT2D eigenvalue weighted by Gasteiger charge is 2.21. The number of imidazole rings is 1. The Morgan fingerprint density at radius 3 is 2.76 bits per heavy atom. The van der Waals surface area contributed by atoms with Crippen LogP contribution in [0.1, 0.15) is 35.0 Å². The Morgan fingerprint density at radius 1 is 1.16 bits per heavy atom. The van der Waals surface area contributed by atoms with Crippen LogP contribution in [0, 0.1) is 11.8 Å². The molecule has 0 unspecified atom stereocenters. The highest BCUT2D eigenvalue weighted by atomic mass is 16.3. The number of fused-ring (bicyclic) bond motifs is 3. The summed E-state index contributed by atoms with van der Waals surface area (Å²) in [6.07, 6.45) is 1.76. The van der Waals surface area contributed by atoms with Crippen molar-refractivity contribution in [3.8, 4) is 17.5 Å². The number of nitrogens with zero attached hydrogens (tertiary/aromatic N) is 3. The third-order valence-electron chi connectivity index (χ3n) is 4.32. The van der Waals surface area contributed by atoms with E-state index in [1.165, 1.54) is 0 Å². The molecule has 0 atom stereocenters. The molecule has 1 aliphatic heterocycles. The molecule has 0 bridgehead atoms. The van der Waals surface area contributed by atoms with Crippen molar-refractivity contribution in [3.63, 3.8) is 0 Å². The van der Waals surface area contributed by atoms with E-state index in [9.17, 15) is 5.11 Å². The maximum atomic E-state index is 9.58. The Bertz CT molecular complexity index is 1020. The van der Waals surface area contributed by atoms with E-state index in [1.54, 1.807) is 6.33 Å². The normalized spacial score (nSPS) is 12.3. The fourth-order valence-electron chi connectivity index (χ4n) is 3.16. The Hall–Kier alpha value is -3.16. The first kappa shape index (κ1) is 15.4. The van der Waals surface area contributed by atoms with Crippen LogP contribution in [0.2, 0.25) is 0 Å². The number of rotatable bonds is 2. The summed E-state index contributed by atoms with van der Waals surface area (Å²) in [5.41, 5.74) is 6.56. The predicted molar refractivity (Wildman–Crippen MR) is 97.8 cm³/mol. The van der Waals surface area contributed by atoms with Gasteiger partial charge in [0.2, 0.25) is 0 Å². The van der Waals surface area contributed by atoms with Crippen molar-refractivity contribution in [2.45, 2.75) is 20.1 Å². The number of aliphatic hydroxyl groups is 1. The summed E-state index contributed by atoms with van der Waals surface area (Å²) >= 11 is 0. The predicted octanol–water partition coefficient (Wildman–Crippen LogP) is 3.09. The first-order valence-electron chi connectivity index (χ1n) is 8.15. The van der Waals surface area contributed by atoms with Crippen LogP contribution in [0.4, 0.5) is 0 Å². The standard InChI is InChI=1S/C21H17N3O/c1-2-6-15-9-10-19-17(11-15)21(16-7-4-3-5-8-16)22-12-20-18(13-25)23-14-24(19)20/h3-5,7-11,14,25H,12-13H2,1H3. The minimum atomic E-state index is -0.0900. The summed E-state index contributed by atoms with van der Waals surface area (Å²) in [6.45, 7) is 2.22. The second-order valence-electron chi connectivity index (χ2n) is 5.80. The van der Waals surface area contributed by atoms with Gasteiger partial charge in [-0.3, -0.25) is 4.99 Å². The Balaban J connectivity index is 1.99. The zero-order valence-corrected chi connectivity index (χ0v) is 13.9. The molecule has 25 heavy (non-hydrogen) atoms. The molecule has 4 rings (SSSR count). The third kappa shape index (κ3) is 2.65. The summed E-state index contributed by atoms with van der Waals surface area (Å²) in [6, 6.07) is 16.3. The molecule has 0 aliphatic carbocycles. The van der Waals surface area contributed by atoms with Gasteiger partial charge in [-0.05, 0) is 25.1 Å². The van der Waals surface area contributed by atoms with Gasteiger partial charge in [-0.15, -0.1) is 5.92 Å². The van der Waals surface area contributed by atoms with E-state index >= 15 is 0 Å². The van der Waals surface area contributed by atoms with Gasteiger partial charge in [0, 0.05) is 16.7 Å². The first-order chi connectivity index (χ1) is 12.3. The molecule has 2 heterocycles. The van der Waals surface area contributed by atoms with Crippen LogP contribution < -0.4 is 0 Å². The van der Waals surface area contributed by atoms with E-state index in [2.05, 4.69) is 35.0 Å². The van der Waals surface area contributed by atoms with E-state index in [4.69, 9.17) is 4.99 Å². The van der Waals surface area contributed by atoms with Crippen molar-refractivity contribution in [1.29, 1.82) is 0 Å². The minimum absolute atomic E-state index is 0.0900. The quantitative estimate of drug-likeness (QED) is 0.735. The number of hydrogen-bond donors (Lipinski definition) is 1. The van der Waals surface area contributed by atoms with Gasteiger partial charge in [0.15, 0.2) is 0 Å². The van der Waals surface area contributed by atoms with Gasteiger partial charge in [-0.1, -0.05) is 36.3 Å². The molecule has 4 heteroatoms. The van der Waals surface area contributed by atoms with Crippen LogP contribution >= 0.6 is 0 Å². The van der Waals surface area contributed by atoms with Gasteiger partial charge < -0.3 is 9.67 Å². The third-order valence-corrected chi connectivity index (χ3v) is 4.32. The van der Waals surface area contributed by atoms with E-state index in [0.717, 1.165) is 33.8 Å². The van der Waals surface area contributed by atoms with Crippen molar-refractivity contribution < 1.29 is 5.11 Å². The van der Waals surface area contributed by atoms with E-state index in [-0.39, 0.29) is 6.61 Å². The fraction of sp³-hybridized carbons (Fsp3) is 0.143. The van der Waals surface area contributed by atoms with Crippen LogP contribution in [0.3, 0.4) is 0 Å². The fourth-order valence-corrected chi connectivity index (χ4v) is 3.16. The lowest BCUT2D eigenvalue weighted by atomic mass is 9.98. The molecule has 4 nitrogen and oxygen atoms in total. The van der Waals surface area contributed by atoms with Crippen molar-refractivity contribution in [2.75, 3.05) is 0 Å². The topological polar surface area (TPSA) is 50.4 Å². The number of aliphatic imine (C=N–C) groups is 1. The molecular formula is C21H17N3O. The molecule has 0 saturated carbocycles. The zero-order valence-electron chi connectivity index (χ0n) is 13.9. The van der Waals surface area contributed by atoms with Crippen LogP contribution in [-0.4, -0.2) is 20.4 Å². The molecule has 122 valence electrons. The largest absolute Gasteiger partial charge is 0.390 e. The van der Waals surface area contributed by atoms with E-state index < -0.39 is 0 Å². The maximum absolute atomic E-state index is 9.58. The van der Waals surface area contributed by atoms with Crippen molar-refractivity contribution in [3.05, 3.63) is 82.9 Å². The summed E-state index contributed by atoms with van der Waals surface area (Å²) in [5, 5.41) is 9.58. The summed E-state index contributed by atoms with van der Waals surface area (Å²) in [4.78, 5) is 9.18. The molecule has 0 fully saturated rings. The van der Waals surface area contributed by atoms with Gasteiger partial charge in [0.1, 0.15) is 0 Å². The molecular weight excluding hydrogens is 310 g/mol. The molecule has 3 aromatic rings. The van der Waals surface area contributed by atoms with Crippen LogP contribution in [0.5, 0.6) is 0 Å². The molecule has 2 aromatic carbocycles. The zero-order chi connectivity index (χ0) is 17.2. The number of hydrogen-bond acceptors (Lipinski definition) is 3. The van der Waals surface area contributed by atoms with Crippen LogP contribution in [0.15, 0.2) is 59.9 Å². The minimum Gasteiger partial charge on any atom is -0.390 e. The monoisotopic (exact) mass is 327 g/mol. The van der Waals surface area contributed by atoms with Gasteiger partial charge in [0.05, 0.1) is 42.3 Å². The summed E-state index contributed by atoms with van der Waals surface area (Å²) in [5.74, 6) is 6.07. The molecule has 0 saturated heterocycles. The van der Waals surface area contributed by atoms with Crippen molar-refractivity contribution in [2.24, 2.45) is 4.99 Å². The van der Waals surface area contributed by atoms with Crippen LogP contribution in [-0.2, 0) is 13.2 Å². The van der Waals surface area contributed by atoms with Gasteiger partial charge in [-0.25, -0.2) is 4.98 Å². The van der Waals surface area contributed by atoms with E-state index in [1.807, 2.05) is 41.8 Å². The van der Waals surface area contributed by atoms with Crippen molar-refractivity contribution >= 4 is 5.71 Å².